The predicted octanol–water partition coefficient (Wildman–Crippen LogP) is 8.90. The number of nitrogens with one attached hydrogen (secondary N) is 1. The summed E-state index contributed by atoms with van der Waals surface area (Å²) in [5.74, 6) is 1.79. The average molecular weight is 553 g/mol. The first-order valence-electron chi connectivity index (χ1n) is 13.2. The van der Waals surface area contributed by atoms with E-state index in [1.165, 1.54) is 22.5 Å². The van der Waals surface area contributed by atoms with Crippen LogP contribution in [0.15, 0.2) is 86.2 Å². The molecule has 2 aliphatic rings. The fraction of sp³-hybridized carbons (Fsp3) is 0.250. The maximum atomic E-state index is 13.7. The summed E-state index contributed by atoms with van der Waals surface area (Å²) in [5, 5.41) is 6.79. The number of carbonyl (C=O) groups is 1. The topological polar surface area (TPSA) is 64.4 Å². The molecule has 0 amide bonds. The number of allylic oxidation sites excluding steroid dienone is 1. The lowest BCUT2D eigenvalue weighted by Gasteiger charge is -2.39. The van der Waals surface area contributed by atoms with Gasteiger partial charge in [0.2, 0.25) is 0 Å². The summed E-state index contributed by atoms with van der Waals surface area (Å²) in [7, 11) is 0. The molecule has 2 aromatic heterocycles. The van der Waals surface area contributed by atoms with Crippen molar-refractivity contribution in [2.24, 2.45) is 5.41 Å². The number of Topliss-reactive ketones (excluding diaryl/α,β-unsaturated/α-hetero) is 1. The van der Waals surface area contributed by atoms with Crippen LogP contribution >= 0.6 is 23.1 Å². The molecule has 1 aliphatic heterocycles. The molecule has 0 spiro atoms. The average Bonchev–Trinajstić information content (AvgIpc) is 3.53. The van der Waals surface area contributed by atoms with Crippen LogP contribution in [0.2, 0.25) is 0 Å². The number of ketones is 1. The van der Waals surface area contributed by atoms with Crippen molar-refractivity contribution in [3.63, 3.8) is 0 Å². The van der Waals surface area contributed by atoms with Crippen LogP contribution in [-0.4, -0.2) is 17.4 Å². The number of ether oxygens (including phenoxy) is 1. The lowest BCUT2D eigenvalue weighted by Crippen LogP contribution is -2.33. The van der Waals surface area contributed by atoms with Crippen molar-refractivity contribution in [3.05, 3.63) is 83.6 Å². The lowest BCUT2D eigenvalue weighted by atomic mass is 9.68. The largest absolute Gasteiger partial charge is 0.494 e. The van der Waals surface area contributed by atoms with E-state index >= 15 is 0 Å². The molecule has 0 saturated heterocycles. The lowest BCUT2D eigenvalue weighted by molar-refractivity contribution is -0.118. The molecule has 7 heteroatoms. The van der Waals surface area contributed by atoms with Gasteiger partial charge in [0.05, 0.1) is 16.8 Å². The van der Waals surface area contributed by atoms with E-state index in [4.69, 9.17) is 14.1 Å². The summed E-state index contributed by atoms with van der Waals surface area (Å²) >= 11 is 3.13. The van der Waals surface area contributed by atoms with Crippen LogP contribution in [-0.2, 0) is 4.79 Å². The maximum Gasteiger partial charge on any atom is 0.167 e. The number of furan rings is 1. The minimum absolute atomic E-state index is 0.0922. The monoisotopic (exact) mass is 552 g/mol. The standard InChI is InChI=1S/C32H28N2O3S2/c1-4-36-19-10-12-22-26(15-19)38-31(34-22)39-27-14-13-25(37-27)30-29-21(16-32(2,3)17-24(29)35)28-20-8-6-5-7-18(20)9-11-23(28)33-30/h5-15,30,33H,4,16-17H2,1-3H3/t30-/m1/s1. The van der Waals surface area contributed by atoms with Gasteiger partial charge in [-0.25, -0.2) is 4.98 Å². The molecule has 1 atom stereocenters. The van der Waals surface area contributed by atoms with E-state index in [0.717, 1.165) is 60.0 Å². The molecule has 39 heavy (non-hydrogen) atoms. The van der Waals surface area contributed by atoms with Crippen molar-refractivity contribution in [2.75, 3.05) is 11.9 Å². The Morgan fingerprint density at radius 1 is 1.10 bits per heavy atom. The number of rotatable bonds is 5. The molecule has 3 heterocycles. The molecule has 7 rings (SSSR count). The molecule has 1 N–H and O–H groups in total. The number of hydrogen-bond acceptors (Lipinski definition) is 7. The van der Waals surface area contributed by atoms with E-state index in [0.29, 0.717) is 13.0 Å². The Bertz CT molecular complexity index is 1800. The SMILES string of the molecule is CCOc1ccc2nc(Sc3ccc([C@H]4Nc5ccc6ccccc6c5C5=C4C(=O)CC(C)(C)C5)o3)sc2c1. The molecule has 5 aromatic rings. The number of anilines is 1. The third-order valence-corrected chi connectivity index (χ3v) is 9.46. The zero-order valence-electron chi connectivity index (χ0n) is 22.0. The maximum absolute atomic E-state index is 13.7. The van der Waals surface area contributed by atoms with Crippen LogP contribution in [0.4, 0.5) is 5.69 Å². The first-order chi connectivity index (χ1) is 18.9. The van der Waals surface area contributed by atoms with Crippen molar-refractivity contribution >= 4 is 61.1 Å². The summed E-state index contributed by atoms with van der Waals surface area (Å²) in [5.41, 5.74) is 5.04. The second-order valence-corrected chi connectivity index (χ2v) is 13.2. The van der Waals surface area contributed by atoms with Crippen molar-refractivity contribution in [2.45, 2.75) is 49.1 Å². The molecule has 0 unspecified atom stereocenters. The predicted molar refractivity (Wildman–Crippen MR) is 159 cm³/mol. The van der Waals surface area contributed by atoms with E-state index in [1.807, 2.05) is 37.3 Å². The van der Waals surface area contributed by atoms with Crippen LogP contribution in [0.3, 0.4) is 0 Å². The molecule has 0 fully saturated rings. The molecular weight excluding hydrogens is 524 g/mol. The van der Waals surface area contributed by atoms with Gasteiger partial charge in [-0.05, 0) is 83.3 Å². The summed E-state index contributed by atoms with van der Waals surface area (Å²) < 4.78 is 14.0. The van der Waals surface area contributed by atoms with Crippen molar-refractivity contribution in [3.8, 4) is 5.75 Å². The van der Waals surface area contributed by atoms with E-state index < -0.39 is 0 Å². The molecule has 3 aromatic carbocycles. The van der Waals surface area contributed by atoms with Gasteiger partial charge in [0.1, 0.15) is 17.6 Å². The van der Waals surface area contributed by atoms with Crippen molar-refractivity contribution < 1.29 is 13.9 Å². The highest BCUT2D eigenvalue weighted by Crippen LogP contribution is 2.52. The van der Waals surface area contributed by atoms with Crippen molar-refractivity contribution in [1.82, 2.24) is 4.98 Å². The minimum atomic E-state index is -0.323. The molecule has 0 radical (unpaired) electrons. The molecule has 0 bridgehead atoms. The van der Waals surface area contributed by atoms with Gasteiger partial charge < -0.3 is 14.5 Å². The van der Waals surface area contributed by atoms with E-state index in [1.54, 1.807) is 11.3 Å². The minimum Gasteiger partial charge on any atom is -0.494 e. The van der Waals surface area contributed by atoms with E-state index in [2.05, 4.69) is 55.6 Å². The highest BCUT2D eigenvalue weighted by molar-refractivity contribution is 8.01. The Labute approximate surface area is 235 Å². The summed E-state index contributed by atoms with van der Waals surface area (Å²) in [6.45, 7) is 6.99. The van der Waals surface area contributed by atoms with Crippen LogP contribution in [0.25, 0.3) is 26.6 Å². The van der Waals surface area contributed by atoms with Crippen LogP contribution in [0, 0.1) is 5.41 Å². The van der Waals surface area contributed by atoms with Gasteiger partial charge in [-0.15, -0.1) is 11.3 Å². The van der Waals surface area contributed by atoms with Crippen LogP contribution < -0.4 is 10.1 Å². The highest BCUT2D eigenvalue weighted by atomic mass is 32.2. The summed E-state index contributed by atoms with van der Waals surface area (Å²) in [6, 6.07) is 22.3. The Balaban J connectivity index is 1.26. The number of thiazole rings is 1. The van der Waals surface area contributed by atoms with Gasteiger partial charge >= 0.3 is 0 Å². The third-order valence-electron chi connectivity index (χ3n) is 7.47. The number of hydrogen-bond donors (Lipinski definition) is 1. The Morgan fingerprint density at radius 2 is 1.97 bits per heavy atom. The van der Waals surface area contributed by atoms with Gasteiger partial charge in [0.15, 0.2) is 15.2 Å². The summed E-state index contributed by atoms with van der Waals surface area (Å²) in [6.07, 6.45) is 1.38. The molecular formula is C32H28N2O3S2. The third kappa shape index (κ3) is 4.34. The fourth-order valence-corrected chi connectivity index (χ4v) is 7.86. The van der Waals surface area contributed by atoms with E-state index in [-0.39, 0.29) is 17.2 Å². The first kappa shape index (κ1) is 24.5. The zero-order chi connectivity index (χ0) is 26.7. The van der Waals surface area contributed by atoms with Crippen LogP contribution in [0.5, 0.6) is 5.75 Å². The highest BCUT2D eigenvalue weighted by Gasteiger charge is 2.41. The van der Waals surface area contributed by atoms with Gasteiger partial charge in [0, 0.05) is 23.2 Å². The number of nitrogens with zero attached hydrogens (tertiary/aromatic N) is 1. The Morgan fingerprint density at radius 3 is 2.85 bits per heavy atom. The molecule has 196 valence electrons. The second-order valence-electron chi connectivity index (χ2n) is 10.9. The molecule has 1 aliphatic carbocycles. The summed E-state index contributed by atoms with van der Waals surface area (Å²) in [4.78, 5) is 18.5. The first-order valence-corrected chi connectivity index (χ1v) is 14.9. The number of carbonyl (C=O) groups excluding carboxylic acids is 1. The van der Waals surface area contributed by atoms with Gasteiger partial charge in [-0.2, -0.15) is 0 Å². The van der Waals surface area contributed by atoms with Crippen molar-refractivity contribution in [1.29, 1.82) is 0 Å². The Kier molecular flexibility index (Phi) is 5.83. The number of benzene rings is 3. The number of fused-ring (bicyclic) bond motifs is 5. The molecule has 5 nitrogen and oxygen atoms in total. The van der Waals surface area contributed by atoms with Gasteiger partial charge in [-0.1, -0.05) is 44.2 Å². The smallest absolute Gasteiger partial charge is 0.167 e. The fourth-order valence-electron chi connectivity index (χ4n) is 5.87. The Hall–Kier alpha value is -3.55. The van der Waals surface area contributed by atoms with E-state index in [9.17, 15) is 4.79 Å². The van der Waals surface area contributed by atoms with Gasteiger partial charge in [-0.3, -0.25) is 4.79 Å². The second kappa shape index (κ2) is 9.28. The zero-order valence-corrected chi connectivity index (χ0v) is 23.7. The van der Waals surface area contributed by atoms with Gasteiger partial charge in [0.25, 0.3) is 0 Å². The van der Waals surface area contributed by atoms with Crippen LogP contribution in [0.1, 0.15) is 51.0 Å². The molecule has 0 saturated carbocycles. The normalized spacial score (nSPS) is 18.2. The quantitative estimate of drug-likeness (QED) is 0.235. The number of aromatic nitrogens is 1.